The first-order chi connectivity index (χ1) is 8.61. The van der Waals surface area contributed by atoms with Gasteiger partial charge in [-0.15, -0.1) is 0 Å². The maximum Gasteiger partial charge on any atom is 0.315 e. The molecule has 5 nitrogen and oxygen atoms in total. The average molecular weight is 272 g/mol. The third-order valence-corrected chi connectivity index (χ3v) is 2.85. The highest BCUT2D eigenvalue weighted by molar-refractivity contribution is 5.74. The summed E-state index contributed by atoms with van der Waals surface area (Å²) in [4.78, 5) is 22.2. The Morgan fingerprint density at radius 3 is 2.21 bits per heavy atom. The molecule has 0 bridgehead atoms. The van der Waals surface area contributed by atoms with E-state index in [9.17, 15) is 9.59 Å². The van der Waals surface area contributed by atoms with E-state index in [-0.39, 0.29) is 23.4 Å². The van der Waals surface area contributed by atoms with Crippen molar-refractivity contribution in [2.75, 3.05) is 6.54 Å². The molecule has 0 saturated carbocycles. The summed E-state index contributed by atoms with van der Waals surface area (Å²) < 4.78 is 0. The molecule has 0 spiro atoms. The molecule has 0 saturated heterocycles. The summed E-state index contributed by atoms with van der Waals surface area (Å²) in [5, 5.41) is 14.4. The number of nitrogens with one attached hydrogen (secondary N) is 2. The van der Waals surface area contributed by atoms with E-state index < -0.39 is 5.97 Å². The van der Waals surface area contributed by atoms with Gasteiger partial charge in [0, 0.05) is 12.6 Å². The molecule has 19 heavy (non-hydrogen) atoms. The average Bonchev–Trinajstić information content (AvgIpc) is 2.25. The Morgan fingerprint density at radius 1 is 1.16 bits per heavy atom. The van der Waals surface area contributed by atoms with E-state index in [0.29, 0.717) is 13.0 Å². The van der Waals surface area contributed by atoms with Crippen molar-refractivity contribution in [1.29, 1.82) is 0 Å². The van der Waals surface area contributed by atoms with E-state index in [0.717, 1.165) is 12.8 Å². The largest absolute Gasteiger partial charge is 0.481 e. The molecule has 3 N–H and O–H groups in total. The molecule has 0 aliphatic carbocycles. The van der Waals surface area contributed by atoms with Crippen LogP contribution in [-0.2, 0) is 4.79 Å². The molecule has 5 heteroatoms. The number of carboxylic acids is 1. The van der Waals surface area contributed by atoms with Crippen LogP contribution in [0.4, 0.5) is 4.79 Å². The lowest BCUT2D eigenvalue weighted by atomic mass is 9.97. The van der Waals surface area contributed by atoms with Crippen molar-refractivity contribution in [1.82, 2.24) is 10.6 Å². The molecule has 2 amide bonds. The summed E-state index contributed by atoms with van der Waals surface area (Å²) in [5.74, 6) is -1.08. The molecule has 0 heterocycles. The zero-order valence-electron chi connectivity index (χ0n) is 12.7. The molecule has 0 aliphatic rings. The lowest BCUT2D eigenvalue weighted by molar-refractivity contribution is -0.141. The van der Waals surface area contributed by atoms with Gasteiger partial charge >= 0.3 is 12.0 Å². The first-order valence-corrected chi connectivity index (χ1v) is 6.89. The fourth-order valence-electron chi connectivity index (χ4n) is 1.55. The lowest BCUT2D eigenvalue weighted by Crippen LogP contribution is -2.43. The van der Waals surface area contributed by atoms with E-state index in [1.165, 1.54) is 0 Å². The van der Waals surface area contributed by atoms with Gasteiger partial charge < -0.3 is 15.7 Å². The van der Waals surface area contributed by atoms with Crippen molar-refractivity contribution >= 4 is 12.0 Å². The number of hydrogen-bond donors (Lipinski definition) is 3. The van der Waals surface area contributed by atoms with Crippen LogP contribution in [-0.4, -0.2) is 29.7 Å². The Morgan fingerprint density at radius 2 is 1.74 bits per heavy atom. The minimum absolute atomic E-state index is 0.0564. The molecule has 0 aromatic carbocycles. The van der Waals surface area contributed by atoms with Crippen molar-refractivity contribution in [2.24, 2.45) is 11.3 Å². The highest BCUT2D eigenvalue weighted by Crippen LogP contribution is 2.11. The quantitative estimate of drug-likeness (QED) is 0.666. The summed E-state index contributed by atoms with van der Waals surface area (Å²) in [6, 6.07) is -0.102. The van der Waals surface area contributed by atoms with Gasteiger partial charge in [-0.2, -0.15) is 0 Å². The van der Waals surface area contributed by atoms with Gasteiger partial charge in [-0.25, -0.2) is 4.79 Å². The van der Waals surface area contributed by atoms with Gasteiger partial charge in [0.15, 0.2) is 0 Å². The van der Waals surface area contributed by atoms with Crippen LogP contribution in [0.1, 0.15) is 53.9 Å². The lowest BCUT2D eigenvalue weighted by Gasteiger charge is -2.20. The van der Waals surface area contributed by atoms with Gasteiger partial charge in [0.05, 0.1) is 5.92 Å². The Labute approximate surface area is 116 Å². The number of aliphatic carboxylic acids is 1. The molecule has 0 aromatic rings. The summed E-state index contributed by atoms with van der Waals surface area (Å²) in [5.41, 5.74) is 0.0670. The standard InChI is InChI=1S/C14H28N2O3/c1-10(12(17)18)7-6-8-11(2)16-13(19)15-9-14(3,4)5/h10-11H,6-9H2,1-5H3,(H,17,18)(H2,15,16,19). The summed E-state index contributed by atoms with van der Waals surface area (Å²) in [6.45, 7) is 10.4. The van der Waals surface area contributed by atoms with Crippen molar-refractivity contribution < 1.29 is 14.7 Å². The predicted molar refractivity (Wildman–Crippen MR) is 76.1 cm³/mol. The van der Waals surface area contributed by atoms with Crippen LogP contribution >= 0.6 is 0 Å². The minimum atomic E-state index is -0.761. The smallest absolute Gasteiger partial charge is 0.315 e. The van der Waals surface area contributed by atoms with Gasteiger partial charge in [0.1, 0.15) is 0 Å². The molecule has 2 unspecified atom stereocenters. The van der Waals surface area contributed by atoms with E-state index in [1.54, 1.807) is 6.92 Å². The topological polar surface area (TPSA) is 78.4 Å². The summed E-state index contributed by atoms with van der Waals surface area (Å²) in [7, 11) is 0. The highest BCUT2D eigenvalue weighted by atomic mass is 16.4. The fraction of sp³-hybridized carbons (Fsp3) is 0.857. The molecule has 0 radical (unpaired) electrons. The number of carboxylic acid groups (broad SMARTS) is 1. The third kappa shape index (κ3) is 10.4. The number of carbonyl (C=O) groups excluding carboxylic acids is 1. The van der Waals surface area contributed by atoms with Gasteiger partial charge in [0.2, 0.25) is 0 Å². The Kier molecular flexibility index (Phi) is 7.49. The SMILES string of the molecule is CC(CCCC(C)C(=O)O)NC(=O)NCC(C)(C)C. The summed E-state index contributed by atoms with van der Waals surface area (Å²) >= 11 is 0. The molecule has 0 fully saturated rings. The first kappa shape index (κ1) is 17.7. The van der Waals surface area contributed by atoms with Crippen molar-refractivity contribution in [3.8, 4) is 0 Å². The first-order valence-electron chi connectivity index (χ1n) is 6.89. The van der Waals surface area contributed by atoms with Crippen molar-refractivity contribution in [2.45, 2.75) is 59.9 Å². The molecule has 0 aromatic heterocycles. The van der Waals surface area contributed by atoms with Crippen LogP contribution in [0.5, 0.6) is 0 Å². The van der Waals surface area contributed by atoms with E-state index >= 15 is 0 Å². The van der Waals surface area contributed by atoms with Gasteiger partial charge in [-0.3, -0.25) is 4.79 Å². The van der Waals surface area contributed by atoms with Gasteiger partial charge in [-0.1, -0.05) is 34.1 Å². The number of hydrogen-bond acceptors (Lipinski definition) is 2. The molecule has 2 atom stereocenters. The second kappa shape index (κ2) is 8.02. The normalized spacial score (nSPS) is 14.6. The van der Waals surface area contributed by atoms with E-state index in [1.807, 2.05) is 6.92 Å². The molecular formula is C14H28N2O3. The molecular weight excluding hydrogens is 244 g/mol. The summed E-state index contributed by atoms with van der Waals surface area (Å²) in [6.07, 6.45) is 2.24. The number of urea groups is 1. The van der Waals surface area contributed by atoms with Crippen LogP contribution in [0, 0.1) is 11.3 Å². The van der Waals surface area contributed by atoms with Gasteiger partial charge in [-0.05, 0) is 25.2 Å². The minimum Gasteiger partial charge on any atom is -0.481 e. The van der Waals surface area contributed by atoms with Crippen LogP contribution in [0.15, 0.2) is 0 Å². The van der Waals surface area contributed by atoms with Crippen molar-refractivity contribution in [3.63, 3.8) is 0 Å². The third-order valence-electron chi connectivity index (χ3n) is 2.85. The van der Waals surface area contributed by atoms with E-state index in [2.05, 4.69) is 31.4 Å². The second-order valence-electron chi connectivity index (χ2n) is 6.46. The van der Waals surface area contributed by atoms with Gasteiger partial charge in [0.25, 0.3) is 0 Å². The van der Waals surface area contributed by atoms with Crippen LogP contribution < -0.4 is 10.6 Å². The Hall–Kier alpha value is -1.26. The second-order valence-corrected chi connectivity index (χ2v) is 6.46. The van der Waals surface area contributed by atoms with Crippen LogP contribution in [0.3, 0.4) is 0 Å². The maximum atomic E-state index is 11.6. The predicted octanol–water partition coefficient (Wildman–Crippen LogP) is 2.61. The van der Waals surface area contributed by atoms with Crippen LogP contribution in [0.25, 0.3) is 0 Å². The molecule has 0 aliphatic heterocycles. The van der Waals surface area contributed by atoms with E-state index in [4.69, 9.17) is 5.11 Å². The Bertz CT molecular complexity index is 298. The number of amides is 2. The van der Waals surface area contributed by atoms with Crippen LogP contribution in [0.2, 0.25) is 0 Å². The molecule has 0 rings (SSSR count). The van der Waals surface area contributed by atoms with Crippen molar-refractivity contribution in [3.05, 3.63) is 0 Å². The maximum absolute atomic E-state index is 11.6. The fourth-order valence-corrected chi connectivity index (χ4v) is 1.55. The number of rotatable bonds is 7. The number of carbonyl (C=O) groups is 2. The molecule has 112 valence electrons. The zero-order chi connectivity index (χ0) is 15.1. The highest BCUT2D eigenvalue weighted by Gasteiger charge is 2.14. The Balaban J connectivity index is 3.77. The monoisotopic (exact) mass is 272 g/mol. The zero-order valence-corrected chi connectivity index (χ0v) is 12.7.